The molecule has 3 atom stereocenters. The molecule has 0 saturated carbocycles. The van der Waals surface area contributed by atoms with Crippen LogP contribution in [0.3, 0.4) is 0 Å². The quantitative estimate of drug-likeness (QED) is 0.0273. The van der Waals surface area contributed by atoms with Crippen LogP contribution in [0.4, 0.5) is 0 Å². The van der Waals surface area contributed by atoms with Gasteiger partial charge in [-0.2, -0.15) is 0 Å². The molecule has 3 rings (SSSR count). The summed E-state index contributed by atoms with van der Waals surface area (Å²) < 4.78 is 36.0. The number of nitrogens with two attached hydrogens (primary N) is 3. The van der Waals surface area contributed by atoms with Gasteiger partial charge in [-0.25, -0.2) is 13.2 Å². The fourth-order valence-electron chi connectivity index (χ4n) is 4.33. The zero-order valence-corrected chi connectivity index (χ0v) is 27.4. The lowest BCUT2D eigenvalue weighted by Gasteiger charge is -2.21. The normalized spacial score (nSPS) is 12.8. The lowest BCUT2D eigenvalue weighted by molar-refractivity contribution is -0.832. The summed E-state index contributed by atoms with van der Waals surface area (Å²) in [5, 5.41) is 39.4. The lowest BCUT2D eigenvalue weighted by Crippen LogP contribution is -2.54. The number of carboxylic acids is 2. The van der Waals surface area contributed by atoms with E-state index in [1.165, 1.54) is 48.5 Å². The highest BCUT2D eigenvalue weighted by Crippen LogP contribution is 2.29. The van der Waals surface area contributed by atoms with Gasteiger partial charge in [0.05, 0.1) is 29.1 Å². The van der Waals surface area contributed by atoms with Crippen molar-refractivity contribution in [1.82, 2.24) is 21.1 Å². The van der Waals surface area contributed by atoms with E-state index in [1.807, 2.05) is 5.32 Å². The van der Waals surface area contributed by atoms with Crippen molar-refractivity contribution < 1.29 is 56.9 Å². The minimum Gasteiger partial charge on any atom is -0.481 e. The molecule has 22 heteroatoms. The number of nitrogens with zero attached hydrogens (tertiary/aromatic N) is 3. The molecule has 2 aromatic carbocycles. The van der Waals surface area contributed by atoms with Crippen molar-refractivity contribution in [3.63, 3.8) is 0 Å². The molecule has 0 bridgehead atoms. The van der Waals surface area contributed by atoms with Gasteiger partial charge >= 0.3 is 22.8 Å². The van der Waals surface area contributed by atoms with Gasteiger partial charge in [-0.1, -0.05) is 30.3 Å². The van der Waals surface area contributed by atoms with Crippen LogP contribution in [0.1, 0.15) is 24.8 Å². The standard InChI is InChI=1S/C29H35N9O12S/c30-19(13-16-8-10-17(11-9-16)49-26-27(38(46)50-37-26)51(47,48)18-5-2-1-3-6-18)24(42)36-20(7-4-12-33-29(31)32)25(43)34-15-22(39)35-21(28(44)45)14-23(40)41/h1-3,5-6,8-11,19-21H,4,7,12-15,30H2,(H,34,43)(H,35,39)(H,36,42)(H,40,41)(H,44,45)(H4,31,32,33)/t19-,20-,21-/m0/s1. The number of nitrogens with one attached hydrogen (secondary N) is 3. The predicted octanol–water partition coefficient (Wildman–Crippen LogP) is -2.50. The van der Waals surface area contributed by atoms with Crippen molar-refractivity contribution >= 4 is 45.5 Å². The monoisotopic (exact) mass is 733 g/mol. The molecule has 3 amide bonds. The molecular formula is C29H35N9O12S. The Morgan fingerprint density at radius 2 is 1.65 bits per heavy atom. The Labute approximate surface area is 289 Å². The summed E-state index contributed by atoms with van der Waals surface area (Å²) >= 11 is 0. The van der Waals surface area contributed by atoms with Crippen LogP contribution in [-0.4, -0.2) is 90.6 Å². The molecule has 0 aliphatic rings. The van der Waals surface area contributed by atoms with Crippen molar-refractivity contribution in [2.45, 2.75) is 53.7 Å². The topological polar surface area (TPSA) is 349 Å². The van der Waals surface area contributed by atoms with Gasteiger partial charge in [0.1, 0.15) is 17.8 Å². The molecule has 3 aromatic rings. The number of carbonyl (C=O) groups is 5. The van der Waals surface area contributed by atoms with Crippen LogP contribution in [0.25, 0.3) is 0 Å². The van der Waals surface area contributed by atoms with E-state index in [1.54, 1.807) is 6.07 Å². The maximum atomic E-state index is 13.0. The van der Waals surface area contributed by atoms with E-state index >= 15 is 0 Å². The van der Waals surface area contributed by atoms with Crippen molar-refractivity contribution in [3.8, 4) is 11.6 Å². The molecule has 11 N–H and O–H groups in total. The highest BCUT2D eigenvalue weighted by atomic mass is 32.2. The first kappa shape index (κ1) is 39.2. The van der Waals surface area contributed by atoms with Gasteiger partial charge in [0.25, 0.3) is 9.84 Å². The predicted molar refractivity (Wildman–Crippen MR) is 172 cm³/mol. The number of amides is 3. The second-order valence-electron chi connectivity index (χ2n) is 10.7. The molecule has 0 aliphatic carbocycles. The highest BCUT2D eigenvalue weighted by molar-refractivity contribution is 7.91. The maximum absolute atomic E-state index is 13.0. The van der Waals surface area contributed by atoms with Crippen LogP contribution >= 0.6 is 0 Å². The number of aliphatic imine (C=N–C) groups is 1. The lowest BCUT2D eigenvalue weighted by atomic mass is 10.0. The third kappa shape index (κ3) is 11.7. The summed E-state index contributed by atoms with van der Waals surface area (Å²) in [6.07, 6.45) is -0.728. The molecule has 0 spiro atoms. The van der Waals surface area contributed by atoms with E-state index < -0.39 is 81.5 Å². The third-order valence-electron chi connectivity index (χ3n) is 6.80. The molecule has 0 saturated heterocycles. The number of carboxylic acid groups (broad SMARTS) is 2. The van der Waals surface area contributed by atoms with Gasteiger partial charge in [0, 0.05) is 6.54 Å². The number of ether oxygens (including phenoxy) is 1. The van der Waals surface area contributed by atoms with E-state index in [4.69, 9.17) is 32.2 Å². The summed E-state index contributed by atoms with van der Waals surface area (Å²) in [5.74, 6) is -6.38. The average molecular weight is 734 g/mol. The molecule has 0 radical (unpaired) electrons. The molecular weight excluding hydrogens is 698 g/mol. The van der Waals surface area contributed by atoms with Crippen LogP contribution in [-0.2, 0) is 40.2 Å². The van der Waals surface area contributed by atoms with Crippen molar-refractivity contribution in [1.29, 1.82) is 0 Å². The summed E-state index contributed by atoms with van der Waals surface area (Å²) in [5.41, 5.74) is 17.2. The van der Waals surface area contributed by atoms with Gasteiger partial charge in [-0.3, -0.25) is 28.8 Å². The Morgan fingerprint density at radius 1 is 0.980 bits per heavy atom. The van der Waals surface area contributed by atoms with Crippen LogP contribution in [0.5, 0.6) is 11.6 Å². The summed E-state index contributed by atoms with van der Waals surface area (Å²) in [4.78, 5) is 63.5. The number of hydrogen-bond donors (Lipinski definition) is 8. The van der Waals surface area contributed by atoms with Gasteiger partial charge < -0.3 is 53.3 Å². The van der Waals surface area contributed by atoms with Gasteiger partial charge in [-0.05, 0) is 54.0 Å². The number of aromatic nitrogens is 2. The maximum Gasteiger partial charge on any atom is 0.420 e. The molecule has 1 heterocycles. The van der Waals surface area contributed by atoms with Crippen molar-refractivity contribution in [2.75, 3.05) is 13.1 Å². The van der Waals surface area contributed by atoms with Crippen LogP contribution in [0.2, 0.25) is 0 Å². The number of hydrogen-bond acceptors (Lipinski definition) is 13. The van der Waals surface area contributed by atoms with E-state index in [-0.39, 0.29) is 47.3 Å². The van der Waals surface area contributed by atoms with E-state index in [0.29, 0.717) is 5.56 Å². The molecule has 1 aromatic heterocycles. The summed E-state index contributed by atoms with van der Waals surface area (Å²) in [6, 6.07) is 8.75. The van der Waals surface area contributed by atoms with E-state index in [0.717, 1.165) is 0 Å². The zero-order valence-electron chi connectivity index (χ0n) is 26.6. The number of sulfone groups is 1. The largest absolute Gasteiger partial charge is 0.481 e. The molecule has 0 unspecified atom stereocenters. The average Bonchev–Trinajstić information content (AvgIpc) is 3.45. The molecule has 0 fully saturated rings. The van der Waals surface area contributed by atoms with Crippen LogP contribution in [0, 0.1) is 5.21 Å². The van der Waals surface area contributed by atoms with Gasteiger partial charge in [0.15, 0.2) is 5.96 Å². The fourth-order valence-corrected chi connectivity index (χ4v) is 5.61. The number of benzene rings is 2. The Kier molecular flexibility index (Phi) is 13.8. The Morgan fingerprint density at radius 3 is 2.25 bits per heavy atom. The Bertz CT molecular complexity index is 1850. The second kappa shape index (κ2) is 17.9. The smallest absolute Gasteiger partial charge is 0.420 e. The van der Waals surface area contributed by atoms with E-state index in [9.17, 15) is 37.6 Å². The summed E-state index contributed by atoms with van der Waals surface area (Å²) in [7, 11) is -4.36. The fraction of sp³-hybridized carbons (Fsp3) is 0.310. The van der Waals surface area contributed by atoms with Gasteiger partial charge in [-0.15, -0.1) is 0 Å². The molecule has 0 aliphatic heterocycles. The minimum absolute atomic E-state index is 0.00111. The molecule has 274 valence electrons. The molecule has 51 heavy (non-hydrogen) atoms. The van der Waals surface area contributed by atoms with Crippen LogP contribution < -0.4 is 42.8 Å². The second-order valence-corrected chi connectivity index (χ2v) is 12.6. The van der Waals surface area contributed by atoms with Crippen molar-refractivity contribution in [3.05, 3.63) is 65.4 Å². The number of rotatable bonds is 19. The first-order valence-corrected chi connectivity index (χ1v) is 16.4. The third-order valence-corrected chi connectivity index (χ3v) is 8.52. The summed E-state index contributed by atoms with van der Waals surface area (Å²) in [6.45, 7) is -0.632. The number of carbonyl (C=O) groups excluding carboxylic acids is 3. The number of aliphatic carboxylic acids is 2. The Balaban J connectivity index is 1.63. The van der Waals surface area contributed by atoms with E-state index in [2.05, 4.69) is 25.4 Å². The van der Waals surface area contributed by atoms with Gasteiger partial charge in [0.2, 0.25) is 17.7 Å². The minimum atomic E-state index is -4.36. The first-order chi connectivity index (χ1) is 24.1. The number of guanidine groups is 1. The first-order valence-electron chi connectivity index (χ1n) is 14.9. The zero-order chi connectivity index (χ0) is 37.7. The SMILES string of the molecule is NC(N)=NCCC[C@H](NC(=O)[C@@H](N)Cc1ccc(Oc2no[n+]([O-])c2S(=O)(=O)c2ccccc2)cc1)C(=O)NCC(=O)N[C@@H](CC(=O)O)C(=O)O. The molecule has 21 nitrogen and oxygen atoms in total. The highest BCUT2D eigenvalue weighted by Gasteiger charge is 2.36. The van der Waals surface area contributed by atoms with Crippen molar-refractivity contribution in [2.24, 2.45) is 22.2 Å². The Hall–Kier alpha value is -6.29. The van der Waals surface area contributed by atoms with Crippen LogP contribution in [0.15, 0.2) is 74.1 Å².